The van der Waals surface area contributed by atoms with Crippen molar-refractivity contribution in [3.05, 3.63) is 65.4 Å². The molecule has 1 aliphatic heterocycles. The predicted molar refractivity (Wildman–Crippen MR) is 102 cm³/mol. The van der Waals surface area contributed by atoms with E-state index >= 15 is 0 Å². The Morgan fingerprint density at radius 1 is 1.15 bits per heavy atom. The normalized spacial score (nSPS) is 18.1. The maximum Gasteiger partial charge on any atom is 0.213 e. The van der Waals surface area contributed by atoms with Gasteiger partial charge < -0.3 is 9.47 Å². The minimum atomic E-state index is 0.0225. The van der Waals surface area contributed by atoms with E-state index in [1.807, 2.05) is 18.3 Å². The van der Waals surface area contributed by atoms with Gasteiger partial charge in [-0.05, 0) is 23.8 Å². The summed E-state index contributed by atoms with van der Waals surface area (Å²) in [4.78, 5) is 11.0. The summed E-state index contributed by atoms with van der Waals surface area (Å²) in [6, 6.07) is 13.9. The SMILES string of the molecule is Clc1ccc(OCC2CN(Cc3ccnc4ccccc34)CCO2)nc1. The Morgan fingerprint density at radius 2 is 2.08 bits per heavy atom. The first-order valence-corrected chi connectivity index (χ1v) is 9.07. The molecule has 1 saturated heterocycles. The third-order valence-corrected chi connectivity index (χ3v) is 4.70. The Balaban J connectivity index is 1.38. The van der Waals surface area contributed by atoms with Crippen LogP contribution in [0.4, 0.5) is 0 Å². The molecule has 0 bridgehead atoms. The Morgan fingerprint density at radius 3 is 2.96 bits per heavy atom. The van der Waals surface area contributed by atoms with Crippen LogP contribution < -0.4 is 4.74 Å². The highest BCUT2D eigenvalue weighted by Gasteiger charge is 2.22. The van der Waals surface area contributed by atoms with E-state index in [2.05, 4.69) is 33.1 Å². The molecule has 1 aromatic carbocycles. The molecule has 4 rings (SSSR count). The summed E-state index contributed by atoms with van der Waals surface area (Å²) < 4.78 is 11.6. The molecule has 0 aliphatic carbocycles. The second kappa shape index (κ2) is 7.99. The molecule has 1 fully saturated rings. The number of pyridine rings is 2. The molecule has 134 valence electrons. The molecular weight excluding hydrogens is 350 g/mol. The predicted octanol–water partition coefficient (Wildman–Crippen LogP) is 3.56. The molecule has 0 saturated carbocycles. The number of morpholine rings is 1. The van der Waals surface area contributed by atoms with Gasteiger partial charge in [-0.25, -0.2) is 4.98 Å². The van der Waals surface area contributed by atoms with Crippen LogP contribution in [0, 0.1) is 0 Å². The van der Waals surface area contributed by atoms with Gasteiger partial charge in [0, 0.05) is 43.5 Å². The van der Waals surface area contributed by atoms with Crippen molar-refractivity contribution in [1.82, 2.24) is 14.9 Å². The number of hydrogen-bond acceptors (Lipinski definition) is 5. The highest BCUT2D eigenvalue weighted by atomic mass is 35.5. The molecule has 2 aromatic heterocycles. The van der Waals surface area contributed by atoms with E-state index in [1.54, 1.807) is 18.3 Å². The maximum absolute atomic E-state index is 5.85. The van der Waals surface area contributed by atoms with Crippen molar-refractivity contribution in [3.63, 3.8) is 0 Å². The zero-order valence-corrected chi connectivity index (χ0v) is 15.1. The van der Waals surface area contributed by atoms with Crippen LogP contribution in [0.3, 0.4) is 0 Å². The fraction of sp³-hybridized carbons (Fsp3) is 0.300. The van der Waals surface area contributed by atoms with Crippen LogP contribution in [0.15, 0.2) is 54.9 Å². The first kappa shape index (κ1) is 17.2. The highest BCUT2D eigenvalue weighted by molar-refractivity contribution is 6.30. The van der Waals surface area contributed by atoms with Crippen LogP contribution >= 0.6 is 11.6 Å². The second-order valence-electron chi connectivity index (χ2n) is 6.34. The van der Waals surface area contributed by atoms with E-state index in [0.717, 1.165) is 25.2 Å². The largest absolute Gasteiger partial charge is 0.475 e. The van der Waals surface area contributed by atoms with Crippen LogP contribution in [-0.4, -0.2) is 47.3 Å². The first-order chi connectivity index (χ1) is 12.8. The van der Waals surface area contributed by atoms with Crippen LogP contribution in [-0.2, 0) is 11.3 Å². The van der Waals surface area contributed by atoms with Gasteiger partial charge in [0.05, 0.1) is 17.1 Å². The lowest BCUT2D eigenvalue weighted by atomic mass is 10.1. The van der Waals surface area contributed by atoms with Gasteiger partial charge in [-0.2, -0.15) is 0 Å². The lowest BCUT2D eigenvalue weighted by Crippen LogP contribution is -2.44. The van der Waals surface area contributed by atoms with Gasteiger partial charge in [0.15, 0.2) is 0 Å². The summed E-state index contributed by atoms with van der Waals surface area (Å²) >= 11 is 5.84. The molecule has 0 spiro atoms. The zero-order valence-electron chi connectivity index (χ0n) is 14.3. The molecule has 3 aromatic rings. The molecule has 1 aliphatic rings. The Hall–Kier alpha value is -2.21. The number of para-hydroxylation sites is 1. The van der Waals surface area contributed by atoms with Gasteiger partial charge in [-0.1, -0.05) is 29.8 Å². The van der Waals surface area contributed by atoms with Crippen LogP contribution in [0.2, 0.25) is 5.02 Å². The van der Waals surface area contributed by atoms with Gasteiger partial charge in [0.1, 0.15) is 12.7 Å². The van der Waals surface area contributed by atoms with E-state index in [4.69, 9.17) is 21.1 Å². The minimum absolute atomic E-state index is 0.0225. The number of rotatable bonds is 5. The average Bonchev–Trinajstić information content (AvgIpc) is 2.68. The summed E-state index contributed by atoms with van der Waals surface area (Å²) in [6.07, 6.45) is 3.49. The van der Waals surface area contributed by atoms with Gasteiger partial charge in [-0.3, -0.25) is 9.88 Å². The van der Waals surface area contributed by atoms with E-state index < -0.39 is 0 Å². The lowest BCUT2D eigenvalue weighted by Gasteiger charge is -2.32. The van der Waals surface area contributed by atoms with Crippen molar-refractivity contribution in [2.45, 2.75) is 12.6 Å². The van der Waals surface area contributed by atoms with Crippen molar-refractivity contribution in [2.24, 2.45) is 0 Å². The van der Waals surface area contributed by atoms with E-state index in [0.29, 0.717) is 24.1 Å². The molecular formula is C20H20ClN3O2. The highest BCUT2D eigenvalue weighted by Crippen LogP contribution is 2.19. The summed E-state index contributed by atoms with van der Waals surface area (Å²) in [7, 11) is 0. The van der Waals surface area contributed by atoms with E-state index in [-0.39, 0.29) is 6.10 Å². The molecule has 3 heterocycles. The van der Waals surface area contributed by atoms with Gasteiger partial charge in [0.25, 0.3) is 0 Å². The Bertz CT molecular complexity index is 867. The Kier molecular flexibility index (Phi) is 5.29. The third kappa shape index (κ3) is 4.12. The fourth-order valence-electron chi connectivity index (χ4n) is 3.18. The van der Waals surface area contributed by atoms with Crippen LogP contribution in [0.5, 0.6) is 5.88 Å². The number of aromatic nitrogens is 2. The molecule has 0 N–H and O–H groups in total. The average molecular weight is 370 g/mol. The molecule has 0 amide bonds. The van der Waals surface area contributed by atoms with Crippen molar-refractivity contribution in [3.8, 4) is 5.88 Å². The van der Waals surface area contributed by atoms with Gasteiger partial charge in [0.2, 0.25) is 5.88 Å². The number of ether oxygens (including phenoxy) is 2. The second-order valence-corrected chi connectivity index (χ2v) is 6.78. The molecule has 1 unspecified atom stereocenters. The van der Waals surface area contributed by atoms with Crippen molar-refractivity contribution in [1.29, 1.82) is 0 Å². The zero-order chi connectivity index (χ0) is 17.8. The smallest absolute Gasteiger partial charge is 0.213 e. The van der Waals surface area contributed by atoms with E-state index in [1.165, 1.54) is 10.9 Å². The summed E-state index contributed by atoms with van der Waals surface area (Å²) in [6.45, 7) is 3.78. The first-order valence-electron chi connectivity index (χ1n) is 8.69. The monoisotopic (exact) mass is 369 g/mol. The maximum atomic E-state index is 5.85. The van der Waals surface area contributed by atoms with Crippen molar-refractivity contribution in [2.75, 3.05) is 26.3 Å². The minimum Gasteiger partial charge on any atom is -0.475 e. The van der Waals surface area contributed by atoms with Gasteiger partial charge in [-0.15, -0.1) is 0 Å². The molecule has 5 nitrogen and oxygen atoms in total. The van der Waals surface area contributed by atoms with Crippen LogP contribution in [0.1, 0.15) is 5.56 Å². The fourth-order valence-corrected chi connectivity index (χ4v) is 3.30. The molecule has 1 atom stereocenters. The third-order valence-electron chi connectivity index (χ3n) is 4.47. The number of nitrogens with zero attached hydrogens (tertiary/aromatic N) is 3. The van der Waals surface area contributed by atoms with Gasteiger partial charge >= 0.3 is 0 Å². The van der Waals surface area contributed by atoms with E-state index in [9.17, 15) is 0 Å². The number of fused-ring (bicyclic) bond motifs is 1. The summed E-state index contributed by atoms with van der Waals surface area (Å²) in [5.74, 6) is 0.565. The van der Waals surface area contributed by atoms with Crippen LogP contribution in [0.25, 0.3) is 10.9 Å². The Labute approximate surface area is 157 Å². The number of halogens is 1. The molecule has 0 radical (unpaired) electrons. The standard InChI is InChI=1S/C20H20ClN3O2/c21-16-5-6-20(23-11-16)26-14-17-13-24(9-10-25-17)12-15-7-8-22-19-4-2-1-3-18(15)19/h1-8,11,17H,9-10,12-14H2. The lowest BCUT2D eigenvalue weighted by molar-refractivity contribution is -0.0509. The molecule has 26 heavy (non-hydrogen) atoms. The number of hydrogen-bond donors (Lipinski definition) is 0. The van der Waals surface area contributed by atoms with Crippen molar-refractivity contribution >= 4 is 22.5 Å². The summed E-state index contributed by atoms with van der Waals surface area (Å²) in [5.41, 5.74) is 2.32. The quantitative estimate of drug-likeness (QED) is 0.688. The topological polar surface area (TPSA) is 47.5 Å². The number of benzene rings is 1. The summed E-state index contributed by atoms with van der Waals surface area (Å²) in [5, 5.41) is 1.81. The van der Waals surface area contributed by atoms with Crippen molar-refractivity contribution < 1.29 is 9.47 Å². The molecule has 6 heteroatoms.